The number of aromatic nitrogens is 4. The minimum absolute atomic E-state index is 0.0893. The van der Waals surface area contributed by atoms with E-state index in [-0.39, 0.29) is 5.95 Å². The summed E-state index contributed by atoms with van der Waals surface area (Å²) in [5.41, 5.74) is 0.325. The molecule has 0 aliphatic heterocycles. The highest BCUT2D eigenvalue weighted by atomic mass is 35.5. The van der Waals surface area contributed by atoms with Gasteiger partial charge in [0, 0.05) is 5.02 Å². The second-order valence-electron chi connectivity index (χ2n) is 3.68. The molecule has 7 nitrogen and oxygen atoms in total. The van der Waals surface area contributed by atoms with E-state index >= 15 is 0 Å². The van der Waals surface area contributed by atoms with E-state index in [9.17, 15) is 4.79 Å². The highest BCUT2D eigenvalue weighted by molar-refractivity contribution is 6.31. The predicted octanol–water partition coefficient (Wildman–Crippen LogP) is 1.89. The van der Waals surface area contributed by atoms with E-state index in [4.69, 9.17) is 16.3 Å². The van der Waals surface area contributed by atoms with E-state index in [1.54, 1.807) is 12.1 Å². The van der Waals surface area contributed by atoms with Gasteiger partial charge in [0.05, 0.1) is 12.2 Å². The number of rotatable bonds is 5. The number of hydrogen-bond donors (Lipinski definition) is 2. The Balaban J connectivity index is 2.21. The van der Waals surface area contributed by atoms with Crippen LogP contribution < -0.4 is 10.1 Å². The minimum Gasteiger partial charge on any atom is -0.493 e. The molecule has 1 heterocycles. The van der Waals surface area contributed by atoms with Crippen LogP contribution in [-0.4, -0.2) is 33.1 Å². The van der Waals surface area contributed by atoms with Crippen molar-refractivity contribution >= 4 is 23.5 Å². The molecule has 1 aromatic carbocycles. The van der Waals surface area contributed by atoms with Crippen LogP contribution in [0.4, 0.5) is 5.95 Å². The number of H-pyrrole nitrogens is 1. The first kappa shape index (κ1) is 13.3. The summed E-state index contributed by atoms with van der Waals surface area (Å²) in [4.78, 5) is 12.1. The first-order valence-electron chi connectivity index (χ1n) is 5.68. The van der Waals surface area contributed by atoms with Crippen LogP contribution in [0.15, 0.2) is 18.2 Å². The zero-order chi connectivity index (χ0) is 13.7. The third kappa shape index (κ3) is 3.41. The Morgan fingerprint density at radius 2 is 2.37 bits per heavy atom. The van der Waals surface area contributed by atoms with Crippen molar-refractivity contribution in [2.75, 3.05) is 11.9 Å². The van der Waals surface area contributed by atoms with Crippen molar-refractivity contribution in [3.8, 4) is 5.75 Å². The van der Waals surface area contributed by atoms with Crippen LogP contribution in [0.25, 0.3) is 0 Å². The number of nitrogens with zero attached hydrogens (tertiary/aromatic N) is 3. The van der Waals surface area contributed by atoms with Gasteiger partial charge in [-0.1, -0.05) is 23.6 Å². The van der Waals surface area contributed by atoms with Gasteiger partial charge in [-0.2, -0.15) is 5.21 Å². The van der Waals surface area contributed by atoms with Crippen LogP contribution in [-0.2, 0) is 0 Å². The zero-order valence-electron chi connectivity index (χ0n) is 10.2. The van der Waals surface area contributed by atoms with Crippen LogP contribution in [0.2, 0.25) is 5.02 Å². The first-order chi connectivity index (χ1) is 9.20. The maximum atomic E-state index is 12.1. The van der Waals surface area contributed by atoms with Gasteiger partial charge >= 0.3 is 0 Å². The lowest BCUT2D eigenvalue weighted by atomic mass is 10.2. The van der Waals surface area contributed by atoms with Crippen molar-refractivity contribution in [1.82, 2.24) is 20.6 Å². The minimum atomic E-state index is -0.407. The summed E-state index contributed by atoms with van der Waals surface area (Å²) in [5, 5.41) is 15.8. The molecule has 0 saturated carbocycles. The third-order valence-corrected chi connectivity index (χ3v) is 2.45. The largest absolute Gasteiger partial charge is 0.493 e. The maximum Gasteiger partial charge on any atom is 0.270 e. The Kier molecular flexibility index (Phi) is 4.30. The molecule has 0 aliphatic carbocycles. The number of tetrazole rings is 1. The van der Waals surface area contributed by atoms with Gasteiger partial charge in [-0.25, -0.2) is 0 Å². The van der Waals surface area contributed by atoms with E-state index in [0.717, 1.165) is 6.42 Å². The highest BCUT2D eigenvalue weighted by Crippen LogP contribution is 2.23. The number of ether oxygens (including phenoxy) is 1. The van der Waals surface area contributed by atoms with Crippen LogP contribution >= 0.6 is 11.6 Å². The molecule has 1 aromatic heterocycles. The van der Waals surface area contributed by atoms with Crippen LogP contribution in [0.5, 0.6) is 5.75 Å². The Labute approximate surface area is 114 Å². The van der Waals surface area contributed by atoms with Gasteiger partial charge < -0.3 is 4.74 Å². The first-order valence-corrected chi connectivity index (χ1v) is 6.05. The summed E-state index contributed by atoms with van der Waals surface area (Å²) in [6.07, 6.45) is 0.842. The van der Waals surface area contributed by atoms with Crippen molar-refractivity contribution < 1.29 is 9.53 Å². The Hall–Kier alpha value is -2.15. The van der Waals surface area contributed by atoms with Gasteiger partial charge in [-0.3, -0.25) is 10.1 Å². The lowest BCUT2D eigenvalue weighted by Crippen LogP contribution is -2.15. The molecule has 2 N–H and O–H groups in total. The van der Waals surface area contributed by atoms with Gasteiger partial charge in [-0.15, -0.1) is 5.10 Å². The number of nitrogens with one attached hydrogen (secondary N) is 2. The Morgan fingerprint density at radius 1 is 1.53 bits per heavy atom. The van der Waals surface area contributed by atoms with E-state index in [1.807, 2.05) is 6.92 Å². The fourth-order valence-electron chi connectivity index (χ4n) is 1.40. The summed E-state index contributed by atoms with van der Waals surface area (Å²) in [5.74, 6) is 0.147. The number of benzene rings is 1. The molecule has 100 valence electrons. The summed E-state index contributed by atoms with van der Waals surface area (Å²) >= 11 is 5.89. The molecule has 0 radical (unpaired) electrons. The standard InChI is InChI=1S/C11H12ClN5O2/c1-2-5-19-9-4-3-7(12)6-8(9)10(18)13-11-14-16-17-15-11/h3-4,6H,2,5H2,1H3,(H2,13,14,15,16,17,18). The molecule has 0 spiro atoms. The van der Waals surface area contributed by atoms with Gasteiger partial charge in [-0.05, 0) is 29.8 Å². The Morgan fingerprint density at radius 3 is 3.05 bits per heavy atom. The van der Waals surface area contributed by atoms with E-state index in [2.05, 4.69) is 25.9 Å². The third-order valence-electron chi connectivity index (χ3n) is 2.22. The van der Waals surface area contributed by atoms with E-state index < -0.39 is 5.91 Å². The van der Waals surface area contributed by atoms with Crippen LogP contribution in [0.3, 0.4) is 0 Å². The van der Waals surface area contributed by atoms with Crippen molar-refractivity contribution in [3.63, 3.8) is 0 Å². The molecule has 0 atom stereocenters. The smallest absolute Gasteiger partial charge is 0.270 e. The molecular formula is C11H12ClN5O2. The molecule has 0 bridgehead atoms. The number of carbonyl (C=O) groups excluding carboxylic acids is 1. The maximum absolute atomic E-state index is 12.1. The average Bonchev–Trinajstić information content (AvgIpc) is 2.90. The lowest BCUT2D eigenvalue weighted by Gasteiger charge is -2.10. The molecule has 0 saturated heterocycles. The molecule has 2 rings (SSSR count). The molecule has 2 aromatic rings. The second-order valence-corrected chi connectivity index (χ2v) is 4.11. The number of aromatic amines is 1. The van der Waals surface area contributed by atoms with Gasteiger partial charge in [0.1, 0.15) is 5.75 Å². The number of halogens is 1. The average molecular weight is 282 g/mol. The number of anilines is 1. The van der Waals surface area contributed by atoms with Gasteiger partial charge in [0.25, 0.3) is 11.9 Å². The van der Waals surface area contributed by atoms with Crippen LogP contribution in [0.1, 0.15) is 23.7 Å². The van der Waals surface area contributed by atoms with Gasteiger partial charge in [0.2, 0.25) is 0 Å². The highest BCUT2D eigenvalue weighted by Gasteiger charge is 2.15. The molecule has 0 aliphatic rings. The van der Waals surface area contributed by atoms with Crippen molar-refractivity contribution in [2.45, 2.75) is 13.3 Å². The van der Waals surface area contributed by atoms with Gasteiger partial charge in [0.15, 0.2) is 0 Å². The lowest BCUT2D eigenvalue weighted by molar-refractivity contribution is 0.102. The van der Waals surface area contributed by atoms with E-state index in [0.29, 0.717) is 22.9 Å². The molecule has 8 heteroatoms. The topological polar surface area (TPSA) is 92.8 Å². The quantitative estimate of drug-likeness (QED) is 0.873. The van der Waals surface area contributed by atoms with Crippen molar-refractivity contribution in [2.24, 2.45) is 0 Å². The summed E-state index contributed by atoms with van der Waals surface area (Å²) < 4.78 is 5.50. The van der Waals surface area contributed by atoms with Crippen molar-refractivity contribution in [1.29, 1.82) is 0 Å². The monoisotopic (exact) mass is 281 g/mol. The number of amides is 1. The zero-order valence-corrected chi connectivity index (χ0v) is 10.9. The fourth-order valence-corrected chi connectivity index (χ4v) is 1.57. The predicted molar refractivity (Wildman–Crippen MR) is 69.4 cm³/mol. The summed E-state index contributed by atoms with van der Waals surface area (Å²) in [6.45, 7) is 2.50. The summed E-state index contributed by atoms with van der Waals surface area (Å²) in [6, 6.07) is 4.85. The number of hydrogen-bond acceptors (Lipinski definition) is 5. The number of carbonyl (C=O) groups is 1. The molecule has 0 unspecified atom stereocenters. The molecule has 1 amide bonds. The SMILES string of the molecule is CCCOc1ccc(Cl)cc1C(=O)Nc1nn[nH]n1. The molecule has 0 fully saturated rings. The summed E-state index contributed by atoms with van der Waals surface area (Å²) in [7, 11) is 0. The molecule has 19 heavy (non-hydrogen) atoms. The van der Waals surface area contributed by atoms with E-state index in [1.165, 1.54) is 6.07 Å². The normalized spacial score (nSPS) is 10.2. The second kappa shape index (κ2) is 6.14. The molecular weight excluding hydrogens is 270 g/mol. The fraction of sp³-hybridized carbons (Fsp3) is 0.273. The van der Waals surface area contributed by atoms with Crippen molar-refractivity contribution in [3.05, 3.63) is 28.8 Å². The Bertz CT molecular complexity index is 558. The van der Waals surface area contributed by atoms with Crippen LogP contribution in [0, 0.1) is 0 Å².